The second-order valence-electron chi connectivity index (χ2n) is 7.34. The van der Waals surface area contributed by atoms with Gasteiger partial charge >= 0.3 is 0 Å². The van der Waals surface area contributed by atoms with Gasteiger partial charge in [0.25, 0.3) is 0 Å². The first-order valence-electron chi connectivity index (χ1n) is 9.46. The molecule has 1 unspecified atom stereocenters. The van der Waals surface area contributed by atoms with Gasteiger partial charge in [0, 0.05) is 24.4 Å². The molecular weight excluding hydrogens is 366 g/mol. The third-order valence-electron chi connectivity index (χ3n) is 5.56. The molecule has 0 fully saturated rings. The number of hydrogen-bond acceptors (Lipinski definition) is 5. The molecule has 0 radical (unpaired) electrons. The van der Waals surface area contributed by atoms with E-state index >= 15 is 0 Å². The molecule has 2 aliphatic rings. The number of nitrogens with zero attached hydrogens (tertiary/aromatic N) is 2. The molecule has 0 spiro atoms. The topological polar surface area (TPSA) is 60.5 Å². The number of thiazole rings is 1. The van der Waals surface area contributed by atoms with E-state index in [9.17, 15) is 0 Å². The van der Waals surface area contributed by atoms with Gasteiger partial charge in [-0.25, -0.2) is 4.98 Å². The van der Waals surface area contributed by atoms with Crippen LogP contribution in [-0.2, 0) is 18.3 Å². The van der Waals surface area contributed by atoms with E-state index in [1.54, 1.807) is 0 Å². The lowest BCUT2D eigenvalue weighted by Gasteiger charge is -2.30. The van der Waals surface area contributed by atoms with Crippen molar-refractivity contribution in [3.05, 3.63) is 88.4 Å². The van der Waals surface area contributed by atoms with Crippen molar-refractivity contribution in [1.82, 2.24) is 4.98 Å². The fraction of sp³-hybridized carbons (Fsp3) is 0.217. The van der Waals surface area contributed by atoms with Crippen molar-refractivity contribution in [1.29, 1.82) is 0 Å². The Hall–Kier alpha value is -2.92. The molecule has 5 heteroatoms. The Kier molecular flexibility index (Phi) is 4.24. The van der Waals surface area contributed by atoms with Gasteiger partial charge in [0.05, 0.1) is 17.7 Å². The summed E-state index contributed by atoms with van der Waals surface area (Å²) in [6.45, 7) is 0.616. The summed E-state index contributed by atoms with van der Waals surface area (Å²) >= 11 is 1.46. The van der Waals surface area contributed by atoms with Crippen molar-refractivity contribution in [2.45, 2.75) is 24.4 Å². The predicted molar refractivity (Wildman–Crippen MR) is 115 cm³/mol. The number of aromatic nitrogens is 1. The summed E-state index contributed by atoms with van der Waals surface area (Å²) in [6.07, 6.45) is 8.08. The van der Waals surface area contributed by atoms with E-state index in [4.69, 9.17) is 10.5 Å². The molecule has 3 aromatic rings. The van der Waals surface area contributed by atoms with Crippen LogP contribution in [0.4, 0.5) is 5.13 Å². The second kappa shape index (κ2) is 6.91. The number of nitrogen functional groups attached to an aromatic ring is 1. The molecule has 0 saturated carbocycles. The van der Waals surface area contributed by atoms with E-state index in [0.717, 1.165) is 29.8 Å². The van der Waals surface area contributed by atoms with Gasteiger partial charge in [0.1, 0.15) is 11.9 Å². The molecule has 140 valence electrons. The van der Waals surface area contributed by atoms with E-state index in [1.165, 1.54) is 22.5 Å². The van der Waals surface area contributed by atoms with Crippen molar-refractivity contribution in [2.24, 2.45) is 4.99 Å². The number of fused-ring (bicyclic) bond motifs is 1. The lowest BCUT2D eigenvalue weighted by molar-refractivity contribution is 0.213. The molecule has 2 N–H and O–H groups in total. The summed E-state index contributed by atoms with van der Waals surface area (Å²) in [7, 11) is 0. The van der Waals surface area contributed by atoms with Gasteiger partial charge in [0.2, 0.25) is 0 Å². The first-order valence-corrected chi connectivity index (χ1v) is 10.3. The molecule has 1 atom stereocenters. The van der Waals surface area contributed by atoms with Crippen molar-refractivity contribution in [3.8, 4) is 5.75 Å². The Morgan fingerprint density at radius 3 is 2.57 bits per heavy atom. The maximum Gasteiger partial charge on any atom is 0.180 e. The predicted octanol–water partition coefficient (Wildman–Crippen LogP) is 4.20. The van der Waals surface area contributed by atoms with Crippen LogP contribution in [-0.4, -0.2) is 23.8 Å². The standard InChI is InChI=1S/C23H21N3OS/c24-22-26-21(14-28-22)23(9-4-10-25-15-23)18-7-3-8-19(13-18)27-20-11-16-5-1-2-6-17(16)12-20/h1-10,13-14,20H,11-12,15H2,(H2,24,26). The average Bonchev–Trinajstić information content (AvgIpc) is 3.34. The Morgan fingerprint density at radius 1 is 1.07 bits per heavy atom. The van der Waals surface area contributed by atoms with E-state index in [0.29, 0.717) is 11.7 Å². The van der Waals surface area contributed by atoms with Gasteiger partial charge < -0.3 is 10.5 Å². The zero-order chi connectivity index (χ0) is 19.0. The van der Waals surface area contributed by atoms with Crippen LogP contribution in [0, 0.1) is 0 Å². The normalized spacial score (nSPS) is 21.0. The maximum absolute atomic E-state index is 6.37. The highest BCUT2D eigenvalue weighted by molar-refractivity contribution is 7.13. The highest BCUT2D eigenvalue weighted by atomic mass is 32.1. The summed E-state index contributed by atoms with van der Waals surface area (Å²) in [4.78, 5) is 9.10. The molecule has 0 saturated heterocycles. The van der Waals surface area contributed by atoms with Gasteiger partial charge in [-0.15, -0.1) is 11.3 Å². The van der Waals surface area contributed by atoms with Crippen LogP contribution < -0.4 is 10.5 Å². The lowest BCUT2D eigenvalue weighted by Crippen LogP contribution is -2.31. The molecule has 0 bridgehead atoms. The third-order valence-corrected chi connectivity index (χ3v) is 6.23. The second-order valence-corrected chi connectivity index (χ2v) is 8.23. The number of anilines is 1. The van der Waals surface area contributed by atoms with E-state index in [2.05, 4.69) is 58.5 Å². The summed E-state index contributed by atoms with van der Waals surface area (Å²) in [5.41, 5.74) is 10.4. The Bertz CT molecular complexity index is 1050. The number of ether oxygens (including phenoxy) is 1. The fourth-order valence-corrected chi connectivity index (χ4v) is 4.80. The zero-order valence-corrected chi connectivity index (χ0v) is 16.2. The molecule has 0 amide bonds. The fourth-order valence-electron chi connectivity index (χ4n) is 4.15. The van der Waals surface area contributed by atoms with Crippen molar-refractivity contribution < 1.29 is 4.74 Å². The zero-order valence-electron chi connectivity index (χ0n) is 15.4. The smallest absolute Gasteiger partial charge is 0.180 e. The molecular formula is C23H21N3OS. The van der Waals surface area contributed by atoms with Crippen molar-refractivity contribution >= 4 is 22.7 Å². The highest BCUT2D eigenvalue weighted by Crippen LogP contribution is 2.38. The number of dihydropyridines is 1. The Morgan fingerprint density at radius 2 is 1.89 bits per heavy atom. The van der Waals surface area contributed by atoms with Crippen molar-refractivity contribution in [3.63, 3.8) is 0 Å². The first kappa shape index (κ1) is 17.2. The van der Waals surface area contributed by atoms with Crippen LogP contribution >= 0.6 is 11.3 Å². The summed E-state index contributed by atoms with van der Waals surface area (Å²) in [5.74, 6) is 0.890. The van der Waals surface area contributed by atoms with E-state index in [-0.39, 0.29) is 6.10 Å². The average molecular weight is 388 g/mol. The van der Waals surface area contributed by atoms with Gasteiger partial charge in [0.15, 0.2) is 5.13 Å². The molecule has 1 aliphatic carbocycles. The van der Waals surface area contributed by atoms with Gasteiger partial charge in [-0.3, -0.25) is 4.99 Å². The van der Waals surface area contributed by atoms with Crippen LogP contribution in [0.15, 0.2) is 71.1 Å². The minimum Gasteiger partial charge on any atom is -0.490 e. The van der Waals surface area contributed by atoms with Crippen LogP contribution in [0.1, 0.15) is 22.4 Å². The summed E-state index contributed by atoms with van der Waals surface area (Å²) in [5, 5.41) is 2.61. The minimum absolute atomic E-state index is 0.179. The quantitative estimate of drug-likeness (QED) is 0.730. The maximum atomic E-state index is 6.37. The van der Waals surface area contributed by atoms with Crippen LogP contribution in [0.3, 0.4) is 0 Å². The molecule has 1 aromatic heterocycles. The molecule has 5 rings (SSSR count). The number of hydrogen-bond donors (Lipinski definition) is 1. The molecule has 28 heavy (non-hydrogen) atoms. The largest absolute Gasteiger partial charge is 0.490 e. The van der Waals surface area contributed by atoms with Gasteiger partial charge in [-0.2, -0.15) is 0 Å². The van der Waals surface area contributed by atoms with Crippen LogP contribution in [0.5, 0.6) is 5.75 Å². The SMILES string of the molecule is Nc1nc(C2(c3cccc(OC4Cc5ccccc5C4)c3)C=CC=NC2)cs1. The van der Waals surface area contributed by atoms with E-state index < -0.39 is 5.41 Å². The number of benzene rings is 2. The number of nitrogens with two attached hydrogens (primary N) is 1. The summed E-state index contributed by atoms with van der Waals surface area (Å²) in [6, 6.07) is 16.9. The monoisotopic (exact) mass is 387 g/mol. The van der Waals surface area contributed by atoms with Crippen molar-refractivity contribution in [2.75, 3.05) is 12.3 Å². The van der Waals surface area contributed by atoms with Crippen LogP contribution in [0.25, 0.3) is 0 Å². The lowest BCUT2D eigenvalue weighted by atomic mass is 9.76. The number of aliphatic imine (C=N–C) groups is 1. The van der Waals surface area contributed by atoms with E-state index in [1.807, 2.05) is 23.7 Å². The minimum atomic E-state index is -0.402. The molecule has 2 heterocycles. The van der Waals surface area contributed by atoms with Gasteiger partial charge in [-0.1, -0.05) is 42.5 Å². The Labute approximate surface area is 168 Å². The first-order chi connectivity index (χ1) is 13.7. The summed E-state index contributed by atoms with van der Waals surface area (Å²) < 4.78 is 6.37. The number of allylic oxidation sites excluding steroid dienone is 1. The van der Waals surface area contributed by atoms with Gasteiger partial charge in [-0.05, 0) is 34.9 Å². The third kappa shape index (κ3) is 3.02. The van der Waals surface area contributed by atoms with Crippen LogP contribution in [0.2, 0.25) is 0 Å². The molecule has 4 nitrogen and oxygen atoms in total. The number of rotatable bonds is 4. The molecule has 1 aliphatic heterocycles. The Balaban J connectivity index is 1.45. The highest BCUT2D eigenvalue weighted by Gasteiger charge is 2.35. The molecule has 2 aromatic carbocycles.